The van der Waals surface area contributed by atoms with Crippen LogP contribution in [0, 0.1) is 0 Å². The Morgan fingerprint density at radius 2 is 1.74 bits per heavy atom. The first-order valence-corrected chi connectivity index (χ1v) is 12.1. The van der Waals surface area contributed by atoms with Crippen molar-refractivity contribution < 1.29 is 9.59 Å². The number of amides is 2. The van der Waals surface area contributed by atoms with Gasteiger partial charge in [-0.15, -0.1) is 10.2 Å². The van der Waals surface area contributed by atoms with E-state index >= 15 is 0 Å². The Morgan fingerprint density at radius 3 is 2.52 bits per heavy atom. The first kappa shape index (κ1) is 20.4. The van der Waals surface area contributed by atoms with Crippen molar-refractivity contribution in [1.82, 2.24) is 29.0 Å². The maximum absolute atomic E-state index is 12.8. The molecule has 0 bridgehead atoms. The fourth-order valence-corrected chi connectivity index (χ4v) is 5.59. The minimum atomic E-state index is 0.118. The van der Waals surface area contributed by atoms with Crippen molar-refractivity contribution in [3.8, 4) is 0 Å². The molecule has 4 heterocycles. The van der Waals surface area contributed by atoms with Gasteiger partial charge in [0, 0.05) is 25.7 Å². The van der Waals surface area contributed by atoms with Gasteiger partial charge in [0.15, 0.2) is 5.16 Å². The number of piperidine rings is 1. The molecule has 1 unspecified atom stereocenters. The van der Waals surface area contributed by atoms with Gasteiger partial charge in [0.25, 0.3) is 0 Å². The second kappa shape index (κ2) is 8.53. The lowest BCUT2D eigenvalue weighted by atomic mass is 10.0. The minimum Gasteiger partial charge on any atom is -0.341 e. The van der Waals surface area contributed by atoms with Gasteiger partial charge in [-0.3, -0.25) is 18.6 Å². The Labute approximate surface area is 185 Å². The number of likely N-dealkylation sites (tertiary alicyclic amines) is 2. The zero-order valence-electron chi connectivity index (χ0n) is 17.9. The van der Waals surface area contributed by atoms with Gasteiger partial charge in [-0.2, -0.15) is 0 Å². The predicted molar refractivity (Wildman–Crippen MR) is 120 cm³/mol. The summed E-state index contributed by atoms with van der Waals surface area (Å²) in [6, 6.07) is 8.28. The molecule has 2 aromatic heterocycles. The maximum atomic E-state index is 12.8. The third-order valence-electron chi connectivity index (χ3n) is 6.47. The van der Waals surface area contributed by atoms with Crippen LogP contribution in [0.15, 0.2) is 29.4 Å². The molecule has 2 aliphatic heterocycles. The Hall–Kier alpha value is -2.55. The lowest BCUT2D eigenvalue weighted by Gasteiger charge is -2.33. The average Bonchev–Trinajstić information content (AvgIpc) is 3.51. The standard InChI is InChI=1S/C22H28N6O2S/c1-16-8-4-5-13-26(16)20(30)15-31-22-24-23-21-27(14-19(29)25-11-6-7-12-25)17-9-2-3-10-18(17)28(21)22/h2-3,9-10,16H,4-8,11-15H2,1H3. The normalized spacial score (nSPS) is 19.6. The number of rotatable bonds is 5. The van der Waals surface area contributed by atoms with Crippen molar-refractivity contribution in [2.24, 2.45) is 0 Å². The van der Waals surface area contributed by atoms with Crippen LogP contribution in [0.1, 0.15) is 39.0 Å². The molecule has 0 spiro atoms. The van der Waals surface area contributed by atoms with Gasteiger partial charge >= 0.3 is 0 Å². The monoisotopic (exact) mass is 440 g/mol. The predicted octanol–water partition coefficient (Wildman–Crippen LogP) is 2.80. The van der Waals surface area contributed by atoms with Gasteiger partial charge in [0.2, 0.25) is 17.6 Å². The van der Waals surface area contributed by atoms with Crippen LogP contribution in [0.2, 0.25) is 0 Å². The second-order valence-electron chi connectivity index (χ2n) is 8.50. The number of imidazole rings is 1. The zero-order chi connectivity index (χ0) is 21.4. The molecule has 0 aliphatic carbocycles. The zero-order valence-corrected chi connectivity index (χ0v) is 18.7. The fraction of sp³-hybridized carbons (Fsp3) is 0.545. The number of hydrogen-bond donors (Lipinski definition) is 0. The Balaban J connectivity index is 1.41. The highest BCUT2D eigenvalue weighted by atomic mass is 32.2. The number of para-hydroxylation sites is 2. The molecule has 2 amide bonds. The molecule has 2 aliphatic rings. The van der Waals surface area contributed by atoms with E-state index in [2.05, 4.69) is 17.1 Å². The third kappa shape index (κ3) is 3.79. The van der Waals surface area contributed by atoms with E-state index in [9.17, 15) is 9.59 Å². The number of benzene rings is 1. The number of nitrogens with zero attached hydrogens (tertiary/aromatic N) is 6. The van der Waals surface area contributed by atoms with Gasteiger partial charge in [-0.1, -0.05) is 23.9 Å². The highest BCUT2D eigenvalue weighted by Gasteiger charge is 2.25. The first-order chi connectivity index (χ1) is 15.1. The molecule has 0 saturated carbocycles. The minimum absolute atomic E-state index is 0.118. The van der Waals surface area contributed by atoms with Crippen molar-refractivity contribution in [2.45, 2.75) is 56.8 Å². The van der Waals surface area contributed by atoms with Gasteiger partial charge in [-0.25, -0.2) is 0 Å². The summed E-state index contributed by atoms with van der Waals surface area (Å²) in [6.45, 7) is 4.89. The fourth-order valence-electron chi connectivity index (χ4n) is 4.77. The SMILES string of the molecule is CC1CCCCN1C(=O)CSc1nnc2n(CC(=O)N3CCCC3)c3ccccc3n12. The number of fused-ring (bicyclic) bond motifs is 3. The van der Waals surface area contributed by atoms with Gasteiger partial charge in [0.1, 0.15) is 6.54 Å². The quantitative estimate of drug-likeness (QED) is 0.571. The Morgan fingerprint density at radius 1 is 1.00 bits per heavy atom. The van der Waals surface area contributed by atoms with Crippen LogP contribution < -0.4 is 0 Å². The van der Waals surface area contributed by atoms with Crippen molar-refractivity contribution in [3.05, 3.63) is 24.3 Å². The summed E-state index contributed by atoms with van der Waals surface area (Å²) in [5, 5.41) is 9.46. The van der Waals surface area contributed by atoms with E-state index in [4.69, 9.17) is 0 Å². The molecule has 3 aromatic rings. The highest BCUT2D eigenvalue weighted by Crippen LogP contribution is 2.27. The van der Waals surface area contributed by atoms with E-state index in [0.717, 1.165) is 56.4 Å². The number of carbonyl (C=O) groups is 2. The smallest absolute Gasteiger partial charge is 0.242 e. The van der Waals surface area contributed by atoms with E-state index < -0.39 is 0 Å². The number of aromatic nitrogens is 4. The molecule has 5 rings (SSSR count). The topological polar surface area (TPSA) is 75.7 Å². The summed E-state index contributed by atoms with van der Waals surface area (Å²) in [4.78, 5) is 29.5. The van der Waals surface area contributed by atoms with E-state index in [1.165, 1.54) is 18.2 Å². The largest absolute Gasteiger partial charge is 0.341 e. The molecule has 1 aromatic carbocycles. The average molecular weight is 441 g/mol. The summed E-state index contributed by atoms with van der Waals surface area (Å²) in [7, 11) is 0. The Kier molecular flexibility index (Phi) is 5.60. The Bertz CT molecular complexity index is 1120. The van der Waals surface area contributed by atoms with E-state index in [-0.39, 0.29) is 18.4 Å². The van der Waals surface area contributed by atoms with Crippen LogP contribution in [0.4, 0.5) is 0 Å². The van der Waals surface area contributed by atoms with Crippen LogP contribution in [0.5, 0.6) is 0 Å². The molecule has 1 atom stereocenters. The lowest BCUT2D eigenvalue weighted by Crippen LogP contribution is -2.42. The molecular formula is C22H28N6O2S. The number of hydrogen-bond acceptors (Lipinski definition) is 5. The van der Waals surface area contributed by atoms with Crippen molar-refractivity contribution >= 4 is 40.4 Å². The molecule has 8 nitrogen and oxygen atoms in total. The number of carbonyl (C=O) groups excluding carboxylic acids is 2. The first-order valence-electron chi connectivity index (χ1n) is 11.2. The van der Waals surface area contributed by atoms with Crippen LogP contribution in [0.25, 0.3) is 16.8 Å². The van der Waals surface area contributed by atoms with E-state index in [1.807, 2.05) is 43.0 Å². The highest BCUT2D eigenvalue weighted by molar-refractivity contribution is 7.99. The summed E-state index contributed by atoms with van der Waals surface area (Å²) >= 11 is 1.42. The van der Waals surface area contributed by atoms with E-state index in [0.29, 0.717) is 22.7 Å². The summed E-state index contributed by atoms with van der Waals surface area (Å²) in [5.41, 5.74) is 1.91. The van der Waals surface area contributed by atoms with Crippen molar-refractivity contribution in [2.75, 3.05) is 25.4 Å². The van der Waals surface area contributed by atoms with Gasteiger partial charge in [-0.05, 0) is 51.2 Å². The van der Waals surface area contributed by atoms with Gasteiger partial charge < -0.3 is 9.80 Å². The summed E-state index contributed by atoms with van der Waals surface area (Å²) in [5.74, 6) is 1.27. The molecule has 31 heavy (non-hydrogen) atoms. The molecular weight excluding hydrogens is 412 g/mol. The van der Waals surface area contributed by atoms with Crippen LogP contribution in [-0.4, -0.2) is 72.2 Å². The molecule has 164 valence electrons. The number of thioether (sulfide) groups is 1. The molecule has 0 radical (unpaired) electrons. The van der Waals surface area contributed by atoms with Crippen LogP contribution in [0.3, 0.4) is 0 Å². The van der Waals surface area contributed by atoms with Gasteiger partial charge in [0.05, 0.1) is 16.8 Å². The summed E-state index contributed by atoms with van der Waals surface area (Å²) < 4.78 is 3.92. The van der Waals surface area contributed by atoms with Crippen LogP contribution in [-0.2, 0) is 16.1 Å². The molecule has 2 fully saturated rings. The van der Waals surface area contributed by atoms with E-state index in [1.54, 1.807) is 0 Å². The van der Waals surface area contributed by atoms with Crippen molar-refractivity contribution in [3.63, 3.8) is 0 Å². The van der Waals surface area contributed by atoms with Crippen LogP contribution >= 0.6 is 11.8 Å². The molecule has 0 N–H and O–H groups in total. The van der Waals surface area contributed by atoms with Crippen molar-refractivity contribution in [1.29, 1.82) is 0 Å². The maximum Gasteiger partial charge on any atom is 0.242 e. The summed E-state index contributed by atoms with van der Waals surface area (Å²) in [6.07, 6.45) is 5.49. The second-order valence-corrected chi connectivity index (χ2v) is 9.44. The lowest BCUT2D eigenvalue weighted by molar-refractivity contribution is -0.132. The third-order valence-corrected chi connectivity index (χ3v) is 7.39. The molecule has 9 heteroatoms. The molecule has 2 saturated heterocycles.